The quantitative estimate of drug-likeness (QED) is 0.365. The average Bonchev–Trinajstić information content (AvgIpc) is 1.82. The van der Waals surface area contributed by atoms with Crippen molar-refractivity contribution in [1.29, 1.82) is 0 Å². The molecule has 0 rings (SSSR count). The molecule has 0 aromatic heterocycles. The predicted molar refractivity (Wildman–Crippen MR) is 43.7 cm³/mol. The Morgan fingerprint density at radius 3 is 2.58 bits per heavy atom. The van der Waals surface area contributed by atoms with Gasteiger partial charge in [0.25, 0.3) is 0 Å². The molecule has 0 saturated heterocycles. The van der Waals surface area contributed by atoms with Crippen molar-refractivity contribution in [1.82, 2.24) is 5.32 Å². The summed E-state index contributed by atoms with van der Waals surface area (Å²) in [4.78, 5) is 10.6. The number of hydrogen-bond donors (Lipinski definition) is 2. The first-order valence-electron chi connectivity index (χ1n) is 3.10. The largest absolute Gasteiger partial charge is 0.379 e. The molecule has 0 spiro atoms. The van der Waals surface area contributed by atoms with Gasteiger partial charge in [0.1, 0.15) is 10.1 Å². The molecule has 1 atom stereocenters. The highest BCUT2D eigenvalue weighted by atomic mass is 32.2. The molecule has 0 bridgehead atoms. The summed E-state index contributed by atoms with van der Waals surface area (Å²) in [5, 5.41) is 2.23. The van der Waals surface area contributed by atoms with Crippen LogP contribution in [0, 0.1) is 5.75 Å². The number of carbonyl (C=O) groups excluding carboxylic acids is 1. The van der Waals surface area contributed by atoms with Gasteiger partial charge in [0.05, 0.1) is 0 Å². The molecule has 0 radical (unpaired) electrons. The van der Waals surface area contributed by atoms with Crippen molar-refractivity contribution in [2.45, 2.75) is 13.0 Å². The Morgan fingerprint density at radius 1 is 1.75 bits per heavy atom. The van der Waals surface area contributed by atoms with E-state index in [0.717, 1.165) is 6.08 Å². The van der Waals surface area contributed by atoms with Gasteiger partial charge in [-0.2, -0.15) is 5.75 Å². The second-order valence-electron chi connectivity index (χ2n) is 2.15. The summed E-state index contributed by atoms with van der Waals surface area (Å²) in [6, 6.07) is -0.745. The van der Waals surface area contributed by atoms with E-state index in [9.17, 15) is 13.2 Å². The normalized spacial score (nSPS) is 13.5. The lowest BCUT2D eigenvalue weighted by Gasteiger charge is -2.19. The minimum absolute atomic E-state index is 0.498. The van der Waals surface area contributed by atoms with Crippen LogP contribution in [0.1, 0.15) is 6.92 Å². The molecule has 0 aromatic carbocycles. The maximum atomic E-state index is 10.6. The molecule has 0 saturated carbocycles. The monoisotopic (exact) mass is 192 g/mol. The highest BCUT2D eigenvalue weighted by Gasteiger charge is 2.01. The van der Waals surface area contributed by atoms with Crippen LogP contribution in [0.5, 0.6) is 0 Å². The molecule has 0 aliphatic carbocycles. The Labute approximate surface area is 71.2 Å². The molecule has 70 valence electrons. The molecule has 12 heavy (non-hydrogen) atoms. The summed E-state index contributed by atoms with van der Waals surface area (Å²) in [6.45, 7) is 4.58. The van der Waals surface area contributed by atoms with Gasteiger partial charge in [0, 0.05) is 0 Å². The molecule has 6 heteroatoms. The van der Waals surface area contributed by atoms with Crippen molar-refractivity contribution >= 4 is 16.0 Å². The van der Waals surface area contributed by atoms with Crippen LogP contribution in [0.4, 0.5) is 0 Å². The van der Waals surface area contributed by atoms with Crippen LogP contribution < -0.4 is 5.32 Å². The topological polar surface area (TPSA) is 83.5 Å². The Morgan fingerprint density at radius 2 is 2.25 bits per heavy atom. The van der Waals surface area contributed by atoms with Crippen molar-refractivity contribution in [2.75, 3.05) is 0 Å². The second-order valence-corrected chi connectivity index (χ2v) is 3.45. The van der Waals surface area contributed by atoms with E-state index in [4.69, 9.17) is 4.55 Å². The zero-order valence-corrected chi connectivity index (χ0v) is 7.34. The SMILES string of the molecule is C=CC(=O)NC(C)[CH-]S(=O)(=O)O. The van der Waals surface area contributed by atoms with E-state index in [2.05, 4.69) is 11.9 Å². The first-order chi connectivity index (χ1) is 5.35. The molecule has 0 aliphatic heterocycles. The van der Waals surface area contributed by atoms with Gasteiger partial charge in [-0.05, 0) is 6.08 Å². The van der Waals surface area contributed by atoms with Crippen LogP contribution in [-0.2, 0) is 14.9 Å². The van der Waals surface area contributed by atoms with Gasteiger partial charge in [-0.3, -0.25) is 4.79 Å². The van der Waals surface area contributed by atoms with Crippen LogP contribution in [0.15, 0.2) is 12.7 Å². The fraction of sp³-hybridized carbons (Fsp3) is 0.333. The number of hydrogen-bond acceptors (Lipinski definition) is 3. The maximum Gasteiger partial charge on any atom is 0.241 e. The molecule has 0 heterocycles. The van der Waals surface area contributed by atoms with E-state index in [0.29, 0.717) is 5.75 Å². The van der Waals surface area contributed by atoms with Crippen molar-refractivity contribution in [3.8, 4) is 0 Å². The fourth-order valence-corrected chi connectivity index (χ4v) is 1.16. The van der Waals surface area contributed by atoms with Crippen LogP contribution in [-0.4, -0.2) is 24.9 Å². The van der Waals surface area contributed by atoms with E-state index < -0.39 is 22.1 Å². The van der Waals surface area contributed by atoms with E-state index in [1.807, 2.05) is 0 Å². The molecule has 0 fully saturated rings. The first kappa shape index (κ1) is 11.1. The summed E-state index contributed by atoms with van der Waals surface area (Å²) >= 11 is 0. The minimum Gasteiger partial charge on any atom is -0.379 e. The van der Waals surface area contributed by atoms with Gasteiger partial charge in [-0.1, -0.05) is 19.5 Å². The number of carbonyl (C=O) groups is 1. The van der Waals surface area contributed by atoms with E-state index >= 15 is 0 Å². The highest BCUT2D eigenvalue weighted by Crippen LogP contribution is 1.95. The molecule has 0 aromatic rings. The molecule has 1 amide bonds. The Hall–Kier alpha value is -0.880. The maximum absolute atomic E-state index is 10.6. The van der Waals surface area contributed by atoms with Gasteiger partial charge >= 0.3 is 0 Å². The van der Waals surface area contributed by atoms with Crippen molar-refractivity contribution in [2.24, 2.45) is 0 Å². The first-order valence-corrected chi connectivity index (χ1v) is 4.61. The standard InChI is InChI=1S/C6H10NO4S/c1-3-6(8)7-5(2)4-12(9,10)11/h3-5H,1H2,2H3,(H,7,8)(H,9,10,11)/q-1. The average molecular weight is 192 g/mol. The van der Waals surface area contributed by atoms with Crippen LogP contribution in [0.25, 0.3) is 0 Å². The fourth-order valence-electron chi connectivity index (χ4n) is 0.575. The minimum atomic E-state index is -4.15. The van der Waals surface area contributed by atoms with E-state index in [1.165, 1.54) is 6.92 Å². The molecule has 2 N–H and O–H groups in total. The number of rotatable bonds is 4. The summed E-state index contributed by atoms with van der Waals surface area (Å²) in [5.41, 5.74) is 0. The highest BCUT2D eigenvalue weighted by molar-refractivity contribution is 7.87. The summed E-state index contributed by atoms with van der Waals surface area (Å²) in [6.07, 6.45) is 1.01. The third-order valence-electron chi connectivity index (χ3n) is 0.931. The van der Waals surface area contributed by atoms with Gasteiger partial charge in [0.15, 0.2) is 0 Å². The Bertz CT molecular complexity index is 269. The smallest absolute Gasteiger partial charge is 0.241 e. The lowest BCUT2D eigenvalue weighted by Crippen LogP contribution is -2.33. The van der Waals surface area contributed by atoms with Crippen LogP contribution >= 0.6 is 0 Å². The molecule has 5 nitrogen and oxygen atoms in total. The molecule has 1 unspecified atom stereocenters. The Kier molecular flexibility index (Phi) is 3.91. The van der Waals surface area contributed by atoms with Gasteiger partial charge in [0.2, 0.25) is 5.91 Å². The molecular weight excluding hydrogens is 182 g/mol. The second kappa shape index (κ2) is 4.22. The van der Waals surface area contributed by atoms with Crippen molar-refractivity contribution in [3.05, 3.63) is 18.4 Å². The van der Waals surface area contributed by atoms with Gasteiger partial charge in [-0.25, -0.2) is 8.42 Å². The van der Waals surface area contributed by atoms with Crippen molar-refractivity contribution in [3.63, 3.8) is 0 Å². The summed E-state index contributed by atoms with van der Waals surface area (Å²) in [5.74, 6) is 0.122. The zero-order chi connectivity index (χ0) is 9.78. The molecule has 0 aliphatic rings. The lowest BCUT2D eigenvalue weighted by molar-refractivity contribution is -0.116. The summed E-state index contributed by atoms with van der Waals surface area (Å²) in [7, 11) is -4.15. The van der Waals surface area contributed by atoms with Gasteiger partial charge in [-0.15, -0.1) is 0 Å². The van der Waals surface area contributed by atoms with Crippen LogP contribution in [0.2, 0.25) is 0 Å². The Balaban J connectivity index is 3.99. The number of amides is 1. The molecular formula is C6H10NO4S-. The third kappa shape index (κ3) is 5.87. The van der Waals surface area contributed by atoms with E-state index in [1.54, 1.807) is 0 Å². The van der Waals surface area contributed by atoms with Crippen LogP contribution in [0.3, 0.4) is 0 Å². The predicted octanol–water partition coefficient (Wildman–Crippen LogP) is -0.273. The number of nitrogens with one attached hydrogen (secondary N) is 1. The van der Waals surface area contributed by atoms with Crippen molar-refractivity contribution < 1.29 is 17.8 Å². The summed E-state index contributed by atoms with van der Waals surface area (Å²) < 4.78 is 28.8. The zero-order valence-electron chi connectivity index (χ0n) is 6.52. The third-order valence-corrected chi connectivity index (χ3v) is 1.68. The lowest BCUT2D eigenvalue weighted by atomic mass is 10.4. The van der Waals surface area contributed by atoms with Gasteiger partial charge < -0.3 is 9.87 Å². The van der Waals surface area contributed by atoms with E-state index in [-0.39, 0.29) is 0 Å².